The molecule has 0 bridgehead atoms. The number of rotatable bonds is 13. The van der Waals surface area contributed by atoms with E-state index in [1.54, 1.807) is 41.0 Å². The van der Waals surface area contributed by atoms with Crippen molar-refractivity contribution in [3.05, 3.63) is 76.3 Å². The SMILES string of the molecule is COC(=O)CCCCN1C(=O)[C@](O)([C@H](C)/C=C/CC(=O)N(CCO)Cc2ccccc2)c2cc(Br)ccc21. The van der Waals surface area contributed by atoms with Crippen molar-refractivity contribution in [2.24, 2.45) is 5.92 Å². The molecule has 2 N–H and O–H groups in total. The van der Waals surface area contributed by atoms with E-state index in [9.17, 15) is 24.6 Å². The summed E-state index contributed by atoms with van der Waals surface area (Å²) in [6.45, 7) is 2.56. The maximum absolute atomic E-state index is 13.5. The summed E-state index contributed by atoms with van der Waals surface area (Å²) in [7, 11) is 1.34. The number of benzene rings is 2. The molecule has 2 amide bonds. The van der Waals surface area contributed by atoms with Crippen LogP contribution in [0.1, 0.15) is 43.7 Å². The number of esters is 1. The molecule has 0 unspecified atom stereocenters. The molecular formula is C29H35BrN2O6. The number of carbonyl (C=O) groups is 3. The first-order valence-electron chi connectivity index (χ1n) is 12.7. The molecule has 0 aromatic heterocycles. The van der Waals surface area contributed by atoms with Crippen molar-refractivity contribution in [1.82, 2.24) is 4.90 Å². The predicted octanol–water partition coefficient (Wildman–Crippen LogP) is 3.93. The topological polar surface area (TPSA) is 107 Å². The van der Waals surface area contributed by atoms with Gasteiger partial charge in [-0.3, -0.25) is 14.4 Å². The number of nitrogens with zero attached hydrogens (tertiary/aromatic N) is 2. The summed E-state index contributed by atoms with van der Waals surface area (Å²) in [6, 6.07) is 14.9. The zero-order valence-electron chi connectivity index (χ0n) is 21.8. The molecule has 0 radical (unpaired) electrons. The first kappa shape index (κ1) is 29.5. The highest BCUT2D eigenvalue weighted by atomic mass is 79.9. The highest BCUT2D eigenvalue weighted by Gasteiger charge is 2.52. The van der Waals surface area contributed by atoms with Gasteiger partial charge in [-0.25, -0.2) is 0 Å². The number of amides is 2. The summed E-state index contributed by atoms with van der Waals surface area (Å²) in [5, 5.41) is 21.2. The lowest BCUT2D eigenvalue weighted by molar-refractivity contribution is -0.140. The number of fused-ring (bicyclic) bond motifs is 1. The number of aliphatic hydroxyl groups excluding tert-OH is 1. The van der Waals surface area contributed by atoms with Crippen molar-refractivity contribution < 1.29 is 29.3 Å². The van der Waals surface area contributed by atoms with Gasteiger partial charge in [-0.15, -0.1) is 0 Å². The minimum atomic E-state index is -1.80. The standard InChI is InChI=1S/C29H35BrN2O6/c1-21(9-8-12-26(34)31(17-18-33)20-22-10-4-3-5-11-22)29(37)24-19-23(30)14-15-25(24)32(28(29)36)16-7-6-13-27(35)38-2/h3-5,8-11,14-15,19,21,33,37H,6-7,12-13,16-18,20H2,1-2H3/b9-8+/t21-,29+/m1/s1. The predicted molar refractivity (Wildman–Crippen MR) is 148 cm³/mol. The van der Waals surface area contributed by atoms with Crippen LogP contribution in [0.5, 0.6) is 0 Å². The van der Waals surface area contributed by atoms with Crippen LogP contribution in [-0.4, -0.2) is 59.7 Å². The smallest absolute Gasteiger partial charge is 0.305 e. The van der Waals surface area contributed by atoms with Crippen LogP contribution in [0.3, 0.4) is 0 Å². The second-order valence-corrected chi connectivity index (χ2v) is 10.3. The van der Waals surface area contributed by atoms with Crippen molar-refractivity contribution in [3.8, 4) is 0 Å². The minimum Gasteiger partial charge on any atom is -0.469 e. The van der Waals surface area contributed by atoms with E-state index in [4.69, 9.17) is 0 Å². The number of methoxy groups -OCH3 is 1. The molecule has 204 valence electrons. The highest BCUT2D eigenvalue weighted by molar-refractivity contribution is 9.10. The third-order valence-corrected chi connectivity index (χ3v) is 7.28. The molecule has 0 spiro atoms. The van der Waals surface area contributed by atoms with E-state index in [2.05, 4.69) is 20.7 Å². The van der Waals surface area contributed by atoms with Crippen molar-refractivity contribution in [2.45, 2.75) is 44.8 Å². The summed E-state index contributed by atoms with van der Waals surface area (Å²) in [5.74, 6) is -1.51. The molecule has 0 aliphatic carbocycles. The van der Waals surface area contributed by atoms with Gasteiger partial charge in [0.15, 0.2) is 5.60 Å². The third kappa shape index (κ3) is 6.89. The van der Waals surface area contributed by atoms with Gasteiger partial charge >= 0.3 is 5.97 Å². The van der Waals surface area contributed by atoms with Gasteiger partial charge in [0.05, 0.1) is 19.4 Å². The lowest BCUT2D eigenvalue weighted by atomic mass is 9.83. The molecule has 0 fully saturated rings. The number of unbranched alkanes of at least 4 members (excludes halogenated alkanes) is 1. The number of halogens is 1. The van der Waals surface area contributed by atoms with Crippen molar-refractivity contribution >= 4 is 39.4 Å². The maximum Gasteiger partial charge on any atom is 0.305 e. The molecule has 2 aromatic carbocycles. The summed E-state index contributed by atoms with van der Waals surface area (Å²) in [5.41, 5.74) is 0.299. The van der Waals surface area contributed by atoms with Gasteiger partial charge in [0.25, 0.3) is 5.91 Å². The molecule has 1 aliphatic heterocycles. The molecule has 0 saturated carbocycles. The van der Waals surface area contributed by atoms with Crippen LogP contribution in [0.4, 0.5) is 5.69 Å². The number of carbonyl (C=O) groups excluding carboxylic acids is 3. The summed E-state index contributed by atoms with van der Waals surface area (Å²) in [4.78, 5) is 41.0. The van der Waals surface area contributed by atoms with E-state index in [1.807, 2.05) is 36.4 Å². The Morgan fingerprint density at radius 3 is 2.61 bits per heavy atom. The third-order valence-electron chi connectivity index (χ3n) is 6.79. The average molecular weight is 588 g/mol. The Morgan fingerprint density at radius 1 is 1.18 bits per heavy atom. The van der Waals surface area contributed by atoms with Crippen LogP contribution in [0.25, 0.3) is 0 Å². The second-order valence-electron chi connectivity index (χ2n) is 9.36. The molecular weight excluding hydrogens is 552 g/mol. The molecule has 1 aliphatic rings. The van der Waals surface area contributed by atoms with E-state index < -0.39 is 17.4 Å². The first-order valence-corrected chi connectivity index (χ1v) is 13.5. The van der Waals surface area contributed by atoms with Gasteiger partial charge in [-0.05, 0) is 36.6 Å². The quantitative estimate of drug-likeness (QED) is 0.209. The fraction of sp³-hybridized carbons (Fsp3) is 0.414. The van der Waals surface area contributed by atoms with Crippen LogP contribution in [0.15, 0.2) is 65.2 Å². The van der Waals surface area contributed by atoms with Crippen molar-refractivity contribution in [1.29, 1.82) is 0 Å². The normalized spacial score (nSPS) is 17.5. The van der Waals surface area contributed by atoms with Crippen LogP contribution in [0, 0.1) is 5.92 Å². The fourth-order valence-electron chi connectivity index (χ4n) is 4.64. The van der Waals surface area contributed by atoms with E-state index in [0.29, 0.717) is 37.2 Å². The molecule has 9 heteroatoms. The number of hydrogen-bond acceptors (Lipinski definition) is 6. The molecule has 2 atom stereocenters. The van der Waals surface area contributed by atoms with Crippen molar-refractivity contribution in [2.75, 3.05) is 31.7 Å². The van der Waals surface area contributed by atoms with Crippen LogP contribution in [0.2, 0.25) is 0 Å². The van der Waals surface area contributed by atoms with Gasteiger partial charge < -0.3 is 24.7 Å². The summed E-state index contributed by atoms with van der Waals surface area (Å²) in [6.07, 6.45) is 4.84. The van der Waals surface area contributed by atoms with Gasteiger partial charge in [0.2, 0.25) is 5.91 Å². The Labute approximate surface area is 232 Å². The average Bonchev–Trinajstić information content (AvgIpc) is 3.13. The van der Waals surface area contributed by atoms with E-state index >= 15 is 0 Å². The minimum absolute atomic E-state index is 0.0734. The molecule has 3 rings (SSSR count). The fourth-order valence-corrected chi connectivity index (χ4v) is 5.00. The molecule has 2 aromatic rings. The lowest BCUT2D eigenvalue weighted by Crippen LogP contribution is -2.44. The van der Waals surface area contributed by atoms with Gasteiger partial charge in [-0.2, -0.15) is 0 Å². The Kier molecular flexibility index (Phi) is 10.6. The second kappa shape index (κ2) is 13.7. The van der Waals surface area contributed by atoms with E-state index in [0.717, 1.165) is 10.0 Å². The summed E-state index contributed by atoms with van der Waals surface area (Å²) < 4.78 is 5.42. The molecule has 38 heavy (non-hydrogen) atoms. The van der Waals surface area contributed by atoms with E-state index in [1.165, 1.54) is 7.11 Å². The van der Waals surface area contributed by atoms with E-state index in [-0.39, 0.29) is 37.9 Å². The Bertz CT molecular complexity index is 1160. The summed E-state index contributed by atoms with van der Waals surface area (Å²) >= 11 is 3.44. The molecule has 1 heterocycles. The lowest BCUT2D eigenvalue weighted by Gasteiger charge is -2.28. The number of ether oxygens (including phenoxy) is 1. The highest BCUT2D eigenvalue weighted by Crippen LogP contribution is 2.46. The van der Waals surface area contributed by atoms with Gasteiger partial charge in [0.1, 0.15) is 0 Å². The Hall–Kier alpha value is -3.01. The number of aliphatic hydroxyl groups is 2. The van der Waals surface area contributed by atoms with Gasteiger partial charge in [0, 0.05) is 48.4 Å². The zero-order chi connectivity index (χ0) is 27.7. The number of hydrogen-bond donors (Lipinski definition) is 2. The van der Waals surface area contributed by atoms with Crippen molar-refractivity contribution in [3.63, 3.8) is 0 Å². The van der Waals surface area contributed by atoms with Crippen LogP contribution in [-0.2, 0) is 31.3 Å². The Morgan fingerprint density at radius 2 is 1.92 bits per heavy atom. The first-order chi connectivity index (χ1) is 18.2. The maximum atomic E-state index is 13.5. The monoisotopic (exact) mass is 586 g/mol. The largest absolute Gasteiger partial charge is 0.469 e. The molecule has 0 saturated heterocycles. The van der Waals surface area contributed by atoms with Crippen LogP contribution < -0.4 is 4.90 Å². The van der Waals surface area contributed by atoms with Crippen LogP contribution >= 0.6 is 15.9 Å². The zero-order valence-corrected chi connectivity index (χ0v) is 23.4. The number of anilines is 1. The van der Waals surface area contributed by atoms with Gasteiger partial charge in [-0.1, -0.05) is 65.3 Å². The Balaban J connectivity index is 1.71. The molecule has 8 nitrogen and oxygen atoms in total.